The van der Waals surface area contributed by atoms with E-state index in [1.165, 1.54) is 7.05 Å². The highest BCUT2D eigenvalue weighted by Crippen LogP contribution is 2.15. The van der Waals surface area contributed by atoms with Crippen LogP contribution in [-0.4, -0.2) is 32.3 Å². The molecule has 104 valence electrons. The number of H-pyrrole nitrogens is 2. The van der Waals surface area contributed by atoms with Crippen molar-refractivity contribution < 1.29 is 17.9 Å². The van der Waals surface area contributed by atoms with E-state index < -0.39 is 30.6 Å². The molecule has 0 aliphatic heterocycles. The zero-order valence-electron chi connectivity index (χ0n) is 9.67. The van der Waals surface area contributed by atoms with E-state index in [1.807, 2.05) is 4.98 Å². The van der Waals surface area contributed by atoms with Crippen molar-refractivity contribution in [1.29, 1.82) is 0 Å². The Morgan fingerprint density at radius 3 is 2.63 bits per heavy atom. The molecule has 10 heteroatoms. The second kappa shape index (κ2) is 4.53. The molecule has 7 nitrogen and oxygen atoms in total. The fourth-order valence-electron chi connectivity index (χ4n) is 1.48. The minimum absolute atomic E-state index is 0.00714. The summed E-state index contributed by atoms with van der Waals surface area (Å²) >= 11 is 0. The lowest BCUT2D eigenvalue weighted by atomic mass is 10.5. The summed E-state index contributed by atoms with van der Waals surface area (Å²) in [6, 6.07) is 0. The molecule has 2 N–H and O–H groups in total. The molecule has 0 bridgehead atoms. The van der Waals surface area contributed by atoms with Gasteiger partial charge in [0.05, 0.1) is 0 Å². The molecule has 0 aromatic carbocycles. The summed E-state index contributed by atoms with van der Waals surface area (Å²) in [4.78, 5) is 31.1. The molecule has 0 atom stereocenters. The Morgan fingerprint density at radius 2 is 2.00 bits per heavy atom. The predicted molar refractivity (Wildman–Crippen MR) is 57.7 cm³/mol. The molecule has 0 saturated heterocycles. The molecular weight excluding hydrogens is 269 g/mol. The highest BCUT2D eigenvalue weighted by Gasteiger charge is 2.27. The molecule has 0 radical (unpaired) electrons. The van der Waals surface area contributed by atoms with Crippen molar-refractivity contribution in [3.05, 3.63) is 26.7 Å². The van der Waals surface area contributed by atoms with Gasteiger partial charge < -0.3 is 9.72 Å². The lowest BCUT2D eigenvalue weighted by Crippen LogP contribution is -2.28. The fraction of sp³-hybridized carbons (Fsp3) is 0.444. The number of hydrogen-bond donors (Lipinski definition) is 2. The third kappa shape index (κ3) is 2.84. The standard InChI is InChI=1S/C9H9F3N4O3/c1-16-6-5(7(17)15-8(16)18)13-4(14-6)2-19-3-9(10,11)12/h2-3H2,1H3,(H,13,14)(H,15,17,18). The minimum Gasteiger partial charge on any atom is -0.364 e. The van der Waals surface area contributed by atoms with Gasteiger partial charge in [0.25, 0.3) is 5.56 Å². The van der Waals surface area contributed by atoms with Gasteiger partial charge in [-0.15, -0.1) is 0 Å². The lowest BCUT2D eigenvalue weighted by molar-refractivity contribution is -0.177. The first kappa shape index (κ1) is 13.3. The second-order valence-corrected chi connectivity index (χ2v) is 3.81. The van der Waals surface area contributed by atoms with E-state index in [1.54, 1.807) is 0 Å². The molecular formula is C9H9F3N4O3. The largest absolute Gasteiger partial charge is 0.411 e. The summed E-state index contributed by atoms with van der Waals surface area (Å²) in [7, 11) is 1.38. The molecule has 19 heavy (non-hydrogen) atoms. The first-order valence-electron chi connectivity index (χ1n) is 5.10. The van der Waals surface area contributed by atoms with Crippen LogP contribution in [-0.2, 0) is 18.4 Å². The van der Waals surface area contributed by atoms with Gasteiger partial charge in [0.2, 0.25) is 0 Å². The molecule has 0 fully saturated rings. The highest BCUT2D eigenvalue weighted by molar-refractivity contribution is 5.69. The number of aryl methyl sites for hydroxylation is 1. The predicted octanol–water partition coefficient (Wildman–Crippen LogP) is 0.0288. The van der Waals surface area contributed by atoms with Crippen LogP contribution in [0, 0.1) is 0 Å². The van der Waals surface area contributed by atoms with Crippen LogP contribution in [0.5, 0.6) is 0 Å². The Labute approximate surface area is 103 Å². The molecule has 0 saturated carbocycles. The van der Waals surface area contributed by atoms with Crippen molar-refractivity contribution >= 4 is 11.2 Å². The molecule has 2 rings (SSSR count). The number of hydrogen-bond acceptors (Lipinski definition) is 4. The smallest absolute Gasteiger partial charge is 0.364 e. The number of rotatable bonds is 3. The Balaban J connectivity index is 2.28. The average Bonchev–Trinajstić information content (AvgIpc) is 2.69. The Kier molecular flexibility index (Phi) is 3.18. The number of ether oxygens (including phenoxy) is 1. The lowest BCUT2D eigenvalue weighted by Gasteiger charge is -2.05. The van der Waals surface area contributed by atoms with Crippen molar-refractivity contribution in [2.45, 2.75) is 12.8 Å². The molecule has 0 amide bonds. The Bertz CT molecular complexity index is 712. The van der Waals surface area contributed by atoms with E-state index in [0.29, 0.717) is 0 Å². The molecule has 2 aromatic rings. The maximum Gasteiger partial charge on any atom is 0.411 e. The van der Waals surface area contributed by atoms with Crippen LogP contribution >= 0.6 is 0 Å². The number of halogens is 3. The second-order valence-electron chi connectivity index (χ2n) is 3.81. The summed E-state index contributed by atoms with van der Waals surface area (Å²) in [5.74, 6) is 0.0333. The van der Waals surface area contributed by atoms with E-state index in [0.717, 1.165) is 4.57 Å². The van der Waals surface area contributed by atoms with Crippen LogP contribution in [0.1, 0.15) is 5.82 Å². The summed E-state index contributed by atoms with van der Waals surface area (Å²) in [5.41, 5.74) is -1.29. The third-order valence-electron chi connectivity index (χ3n) is 2.31. The van der Waals surface area contributed by atoms with Crippen molar-refractivity contribution in [3.63, 3.8) is 0 Å². The molecule has 2 heterocycles. The van der Waals surface area contributed by atoms with Crippen molar-refractivity contribution in [2.24, 2.45) is 7.05 Å². The molecule has 0 spiro atoms. The van der Waals surface area contributed by atoms with Crippen LogP contribution in [0.15, 0.2) is 9.59 Å². The summed E-state index contributed by atoms with van der Waals surface area (Å²) in [6.45, 7) is -1.86. The van der Waals surface area contributed by atoms with E-state index in [9.17, 15) is 22.8 Å². The third-order valence-corrected chi connectivity index (χ3v) is 2.31. The van der Waals surface area contributed by atoms with E-state index in [2.05, 4.69) is 14.7 Å². The van der Waals surface area contributed by atoms with Gasteiger partial charge in [-0.3, -0.25) is 14.3 Å². The topological polar surface area (TPSA) is 92.8 Å². The highest BCUT2D eigenvalue weighted by atomic mass is 19.4. The maximum atomic E-state index is 11.9. The zero-order chi connectivity index (χ0) is 14.2. The number of nitrogens with zero attached hydrogens (tertiary/aromatic N) is 2. The van der Waals surface area contributed by atoms with Gasteiger partial charge in [-0.05, 0) is 0 Å². The fourth-order valence-corrected chi connectivity index (χ4v) is 1.48. The van der Waals surface area contributed by atoms with Crippen LogP contribution < -0.4 is 11.2 Å². The monoisotopic (exact) mass is 278 g/mol. The van der Waals surface area contributed by atoms with Crippen LogP contribution in [0.3, 0.4) is 0 Å². The number of aromatic nitrogens is 4. The SMILES string of the molecule is Cn1c(=O)[nH]c(=O)c2[nH]c(COCC(F)(F)F)nc21. The normalized spacial score (nSPS) is 12.2. The molecule has 0 aliphatic carbocycles. The van der Waals surface area contributed by atoms with Crippen LogP contribution in [0.25, 0.3) is 11.2 Å². The van der Waals surface area contributed by atoms with E-state index in [-0.39, 0.29) is 17.0 Å². The number of nitrogens with one attached hydrogen (secondary N) is 2. The quantitative estimate of drug-likeness (QED) is 0.828. The van der Waals surface area contributed by atoms with Gasteiger partial charge in [0.1, 0.15) is 24.6 Å². The van der Waals surface area contributed by atoms with Gasteiger partial charge in [0, 0.05) is 7.05 Å². The van der Waals surface area contributed by atoms with E-state index in [4.69, 9.17) is 0 Å². The Hall–Kier alpha value is -2.10. The number of alkyl halides is 3. The zero-order valence-corrected chi connectivity index (χ0v) is 9.67. The van der Waals surface area contributed by atoms with Crippen LogP contribution in [0.2, 0.25) is 0 Å². The van der Waals surface area contributed by atoms with Crippen molar-refractivity contribution in [2.75, 3.05) is 6.61 Å². The minimum atomic E-state index is -4.43. The first-order chi connectivity index (χ1) is 8.78. The average molecular weight is 278 g/mol. The number of aromatic amines is 2. The molecule has 0 aliphatic rings. The number of fused-ring (bicyclic) bond motifs is 1. The van der Waals surface area contributed by atoms with Crippen molar-refractivity contribution in [3.8, 4) is 0 Å². The number of imidazole rings is 1. The first-order valence-corrected chi connectivity index (χ1v) is 5.10. The summed E-state index contributed by atoms with van der Waals surface area (Å²) in [5, 5.41) is 0. The van der Waals surface area contributed by atoms with Crippen LogP contribution in [0.4, 0.5) is 13.2 Å². The van der Waals surface area contributed by atoms with Gasteiger partial charge in [-0.2, -0.15) is 13.2 Å². The van der Waals surface area contributed by atoms with Crippen molar-refractivity contribution in [1.82, 2.24) is 19.5 Å². The van der Waals surface area contributed by atoms with Gasteiger partial charge in [0.15, 0.2) is 5.65 Å². The summed E-state index contributed by atoms with van der Waals surface area (Å²) in [6.07, 6.45) is -4.43. The Morgan fingerprint density at radius 1 is 1.32 bits per heavy atom. The van der Waals surface area contributed by atoms with Gasteiger partial charge in [-0.25, -0.2) is 9.78 Å². The molecule has 2 aromatic heterocycles. The van der Waals surface area contributed by atoms with Gasteiger partial charge >= 0.3 is 11.9 Å². The maximum absolute atomic E-state index is 11.9. The van der Waals surface area contributed by atoms with Gasteiger partial charge in [-0.1, -0.05) is 0 Å². The molecule has 0 unspecified atom stereocenters. The van der Waals surface area contributed by atoms with E-state index >= 15 is 0 Å². The summed E-state index contributed by atoms with van der Waals surface area (Å²) < 4.78 is 41.1.